The molecule has 1 aliphatic heterocycles. The van der Waals surface area contributed by atoms with Crippen LogP contribution in [0.25, 0.3) is 6.08 Å². The lowest BCUT2D eigenvalue weighted by atomic mass is 10.1. The monoisotopic (exact) mass is 348 g/mol. The van der Waals surface area contributed by atoms with Gasteiger partial charge in [-0.25, -0.2) is 0 Å². The molecule has 0 atom stereocenters. The molecule has 134 valence electrons. The fraction of sp³-hybridized carbons (Fsp3) is 0.273. The lowest BCUT2D eigenvalue weighted by molar-refractivity contribution is -0.111. The van der Waals surface area contributed by atoms with Crippen molar-refractivity contribution in [3.8, 4) is 0 Å². The molecule has 4 nitrogen and oxygen atoms in total. The van der Waals surface area contributed by atoms with E-state index in [2.05, 4.69) is 5.32 Å². The molecule has 26 heavy (non-hydrogen) atoms. The van der Waals surface area contributed by atoms with Gasteiger partial charge in [-0.1, -0.05) is 35.9 Å². The first-order valence-corrected chi connectivity index (χ1v) is 9.07. The average molecular weight is 348 g/mol. The summed E-state index contributed by atoms with van der Waals surface area (Å²) in [6, 6.07) is 15.1. The quantitative estimate of drug-likeness (QED) is 0.839. The van der Waals surface area contributed by atoms with Crippen LogP contribution in [-0.2, 0) is 4.79 Å². The number of carbonyl (C=O) groups excluding carboxylic acids is 2. The summed E-state index contributed by atoms with van der Waals surface area (Å²) < 4.78 is 0. The van der Waals surface area contributed by atoms with Gasteiger partial charge in [0.25, 0.3) is 5.91 Å². The molecule has 0 unspecified atom stereocenters. The summed E-state index contributed by atoms with van der Waals surface area (Å²) in [6.45, 7) is 3.65. The lowest BCUT2D eigenvalue weighted by Crippen LogP contribution is -2.35. The van der Waals surface area contributed by atoms with Crippen LogP contribution in [0.3, 0.4) is 0 Å². The number of anilines is 1. The maximum Gasteiger partial charge on any atom is 0.253 e. The summed E-state index contributed by atoms with van der Waals surface area (Å²) in [5, 5.41) is 2.83. The molecule has 1 saturated heterocycles. The van der Waals surface area contributed by atoms with E-state index in [1.807, 2.05) is 36.1 Å². The summed E-state index contributed by atoms with van der Waals surface area (Å²) in [7, 11) is 0. The SMILES string of the molecule is Cc1ccc(/C=C/C(=O)Nc2cccc(C(=O)N3CCCCC3)c2)cc1. The smallest absolute Gasteiger partial charge is 0.253 e. The Morgan fingerprint density at radius 2 is 1.73 bits per heavy atom. The topological polar surface area (TPSA) is 49.4 Å². The normalized spacial score (nSPS) is 14.4. The van der Waals surface area contributed by atoms with Crippen molar-refractivity contribution in [2.45, 2.75) is 26.2 Å². The van der Waals surface area contributed by atoms with Crippen molar-refractivity contribution in [2.24, 2.45) is 0 Å². The number of hydrogen-bond donors (Lipinski definition) is 1. The number of rotatable bonds is 4. The molecule has 4 heteroatoms. The summed E-state index contributed by atoms with van der Waals surface area (Å²) in [6.07, 6.45) is 6.59. The Morgan fingerprint density at radius 1 is 1.00 bits per heavy atom. The molecule has 0 saturated carbocycles. The van der Waals surface area contributed by atoms with E-state index in [4.69, 9.17) is 0 Å². The second kappa shape index (κ2) is 8.48. The van der Waals surface area contributed by atoms with E-state index in [0.717, 1.165) is 31.5 Å². The van der Waals surface area contributed by atoms with Gasteiger partial charge in [0.2, 0.25) is 5.91 Å². The molecule has 0 aliphatic carbocycles. The minimum atomic E-state index is -0.215. The van der Waals surface area contributed by atoms with E-state index in [0.29, 0.717) is 11.3 Å². The van der Waals surface area contributed by atoms with E-state index >= 15 is 0 Å². The van der Waals surface area contributed by atoms with Crippen molar-refractivity contribution in [1.29, 1.82) is 0 Å². The number of nitrogens with zero attached hydrogens (tertiary/aromatic N) is 1. The largest absolute Gasteiger partial charge is 0.339 e. The lowest BCUT2D eigenvalue weighted by Gasteiger charge is -2.26. The third-order valence-electron chi connectivity index (χ3n) is 4.52. The molecular weight excluding hydrogens is 324 g/mol. The van der Waals surface area contributed by atoms with Gasteiger partial charge in [-0.15, -0.1) is 0 Å². The Morgan fingerprint density at radius 3 is 2.46 bits per heavy atom. The number of likely N-dealkylation sites (tertiary alicyclic amines) is 1. The van der Waals surface area contributed by atoms with E-state index in [1.165, 1.54) is 18.1 Å². The van der Waals surface area contributed by atoms with Gasteiger partial charge in [0.15, 0.2) is 0 Å². The predicted octanol–water partition coefficient (Wildman–Crippen LogP) is 4.27. The second-order valence-electron chi connectivity index (χ2n) is 6.67. The van der Waals surface area contributed by atoms with Gasteiger partial charge >= 0.3 is 0 Å². The van der Waals surface area contributed by atoms with Crippen LogP contribution in [0.5, 0.6) is 0 Å². The fourth-order valence-corrected chi connectivity index (χ4v) is 3.04. The fourth-order valence-electron chi connectivity index (χ4n) is 3.04. The number of hydrogen-bond acceptors (Lipinski definition) is 2. The van der Waals surface area contributed by atoms with Gasteiger partial charge in [-0.2, -0.15) is 0 Å². The van der Waals surface area contributed by atoms with Gasteiger partial charge in [-0.3, -0.25) is 9.59 Å². The van der Waals surface area contributed by atoms with E-state index in [9.17, 15) is 9.59 Å². The third kappa shape index (κ3) is 4.82. The molecule has 0 aromatic heterocycles. The van der Waals surface area contributed by atoms with Gasteiger partial charge in [0.1, 0.15) is 0 Å². The summed E-state index contributed by atoms with van der Waals surface area (Å²) >= 11 is 0. The molecule has 1 aliphatic rings. The molecule has 0 radical (unpaired) electrons. The van der Waals surface area contributed by atoms with Crippen molar-refractivity contribution in [3.63, 3.8) is 0 Å². The van der Waals surface area contributed by atoms with Crippen molar-refractivity contribution >= 4 is 23.6 Å². The first-order chi connectivity index (χ1) is 12.6. The van der Waals surface area contributed by atoms with E-state index < -0.39 is 0 Å². The molecule has 3 rings (SSSR count). The molecular formula is C22H24N2O2. The van der Waals surface area contributed by atoms with Crippen LogP contribution in [0.4, 0.5) is 5.69 Å². The zero-order valence-electron chi connectivity index (χ0n) is 15.1. The van der Waals surface area contributed by atoms with Crippen molar-refractivity contribution in [1.82, 2.24) is 4.90 Å². The first-order valence-electron chi connectivity index (χ1n) is 9.07. The Hall–Kier alpha value is -2.88. The number of nitrogens with one attached hydrogen (secondary N) is 1. The second-order valence-corrected chi connectivity index (χ2v) is 6.67. The minimum absolute atomic E-state index is 0.0380. The molecule has 1 fully saturated rings. The molecule has 0 bridgehead atoms. The van der Waals surface area contributed by atoms with Crippen molar-refractivity contribution < 1.29 is 9.59 Å². The summed E-state index contributed by atoms with van der Waals surface area (Å²) in [4.78, 5) is 26.6. The maximum absolute atomic E-state index is 12.6. The van der Waals surface area contributed by atoms with Crippen LogP contribution >= 0.6 is 0 Å². The Bertz CT molecular complexity index is 803. The Kier molecular flexibility index (Phi) is 5.84. The Labute approximate surface area is 154 Å². The van der Waals surface area contributed by atoms with Crippen LogP contribution in [0.15, 0.2) is 54.6 Å². The molecule has 2 amide bonds. The highest BCUT2D eigenvalue weighted by atomic mass is 16.2. The molecule has 0 spiro atoms. The number of amides is 2. The third-order valence-corrected chi connectivity index (χ3v) is 4.52. The van der Waals surface area contributed by atoms with Gasteiger partial charge in [0.05, 0.1) is 0 Å². The average Bonchev–Trinajstić information content (AvgIpc) is 2.68. The van der Waals surface area contributed by atoms with Crippen LogP contribution in [0, 0.1) is 6.92 Å². The minimum Gasteiger partial charge on any atom is -0.339 e. The Balaban J connectivity index is 1.63. The molecule has 2 aromatic rings. The summed E-state index contributed by atoms with van der Waals surface area (Å²) in [5.74, 6) is -0.177. The summed E-state index contributed by atoms with van der Waals surface area (Å²) in [5.41, 5.74) is 3.40. The van der Waals surface area contributed by atoms with Crippen molar-refractivity contribution in [2.75, 3.05) is 18.4 Å². The van der Waals surface area contributed by atoms with Gasteiger partial charge in [-0.05, 0) is 56.0 Å². The van der Waals surface area contributed by atoms with Crippen LogP contribution in [-0.4, -0.2) is 29.8 Å². The van der Waals surface area contributed by atoms with Gasteiger partial charge < -0.3 is 10.2 Å². The van der Waals surface area contributed by atoms with Crippen LogP contribution < -0.4 is 5.32 Å². The number of carbonyl (C=O) groups is 2. The maximum atomic E-state index is 12.6. The highest BCUT2D eigenvalue weighted by Gasteiger charge is 2.18. The van der Waals surface area contributed by atoms with E-state index in [1.54, 1.807) is 30.3 Å². The van der Waals surface area contributed by atoms with Crippen molar-refractivity contribution in [3.05, 3.63) is 71.3 Å². The van der Waals surface area contributed by atoms with Crippen LogP contribution in [0.2, 0.25) is 0 Å². The number of aryl methyl sites for hydroxylation is 1. The zero-order chi connectivity index (χ0) is 18.4. The number of piperidine rings is 1. The molecule has 1 N–H and O–H groups in total. The number of benzene rings is 2. The van der Waals surface area contributed by atoms with Crippen LogP contribution in [0.1, 0.15) is 40.7 Å². The molecule has 1 heterocycles. The van der Waals surface area contributed by atoms with Gasteiger partial charge in [0, 0.05) is 30.4 Å². The zero-order valence-corrected chi connectivity index (χ0v) is 15.1. The standard InChI is InChI=1S/C22H24N2O2/c1-17-8-10-18(11-9-17)12-13-21(25)23-20-7-5-6-19(16-20)22(26)24-14-3-2-4-15-24/h5-13,16H,2-4,14-15H2,1H3,(H,23,25)/b13-12+. The molecule has 2 aromatic carbocycles. The first kappa shape index (κ1) is 17.9. The predicted molar refractivity (Wildman–Crippen MR) is 105 cm³/mol. The van der Waals surface area contributed by atoms with E-state index in [-0.39, 0.29) is 11.8 Å². The highest BCUT2D eigenvalue weighted by molar-refractivity contribution is 6.03. The highest BCUT2D eigenvalue weighted by Crippen LogP contribution is 2.16.